The number of fused-ring (bicyclic) bond motifs is 1. The summed E-state index contributed by atoms with van der Waals surface area (Å²) >= 11 is 0. The van der Waals surface area contributed by atoms with E-state index in [0.29, 0.717) is 31.2 Å². The number of halogens is 1. The number of amides is 1. The number of nitro groups is 1. The van der Waals surface area contributed by atoms with Crippen LogP contribution in [0.15, 0.2) is 58.4 Å². The highest BCUT2D eigenvalue weighted by Gasteiger charge is 2.35. The van der Waals surface area contributed by atoms with Crippen molar-refractivity contribution in [3.05, 3.63) is 74.9 Å². The van der Waals surface area contributed by atoms with Gasteiger partial charge in [0.05, 0.1) is 22.2 Å². The summed E-state index contributed by atoms with van der Waals surface area (Å²) in [5, 5.41) is 14.4. The lowest BCUT2D eigenvalue weighted by molar-refractivity contribution is -0.387. The van der Waals surface area contributed by atoms with Gasteiger partial charge in [0.1, 0.15) is 11.4 Å². The van der Waals surface area contributed by atoms with Crippen molar-refractivity contribution >= 4 is 32.8 Å². The van der Waals surface area contributed by atoms with E-state index in [-0.39, 0.29) is 24.0 Å². The number of sulfonamides is 1. The summed E-state index contributed by atoms with van der Waals surface area (Å²) in [5.41, 5.74) is -1.27. The third-order valence-corrected chi connectivity index (χ3v) is 8.44. The molecule has 12 nitrogen and oxygen atoms in total. The fourth-order valence-electron chi connectivity index (χ4n) is 5.04. The van der Waals surface area contributed by atoms with Gasteiger partial charge in [0.15, 0.2) is 4.90 Å². The van der Waals surface area contributed by atoms with Crippen LogP contribution < -0.4 is 15.6 Å². The SMILES string of the molecule is CC(C)(C)OC(=O)N[C@H]1CC[C@H](C(Cn2c(=O)cnc3ccc(F)cc32)NS(=O)(=O)c2ccccc2[N+](=O)[O-])CC1. The summed E-state index contributed by atoms with van der Waals surface area (Å²) in [4.78, 5) is 39.5. The van der Waals surface area contributed by atoms with Crippen LogP contribution in [-0.4, -0.2) is 46.7 Å². The lowest BCUT2D eigenvalue weighted by atomic mass is 9.81. The van der Waals surface area contributed by atoms with E-state index in [1.807, 2.05) is 0 Å². The van der Waals surface area contributed by atoms with Crippen LogP contribution in [0, 0.1) is 21.8 Å². The Balaban J connectivity index is 1.64. The van der Waals surface area contributed by atoms with E-state index < -0.39 is 54.6 Å². The third kappa shape index (κ3) is 7.44. The number of benzene rings is 2. The van der Waals surface area contributed by atoms with E-state index >= 15 is 0 Å². The third-order valence-electron chi connectivity index (χ3n) is 6.91. The van der Waals surface area contributed by atoms with Crippen LogP contribution in [0.2, 0.25) is 0 Å². The molecule has 14 heteroatoms. The Kier molecular flexibility index (Phi) is 8.73. The van der Waals surface area contributed by atoms with E-state index in [9.17, 15) is 32.5 Å². The van der Waals surface area contributed by atoms with E-state index in [1.54, 1.807) is 20.8 Å². The summed E-state index contributed by atoms with van der Waals surface area (Å²) < 4.78 is 50.3. The number of carbonyl (C=O) groups excluding carboxylic acids is 1. The van der Waals surface area contributed by atoms with E-state index in [0.717, 1.165) is 24.4 Å². The molecule has 1 amide bonds. The van der Waals surface area contributed by atoms with Crippen LogP contribution in [0.4, 0.5) is 14.9 Å². The maximum Gasteiger partial charge on any atom is 0.407 e. The van der Waals surface area contributed by atoms with Gasteiger partial charge in [0, 0.05) is 24.7 Å². The molecule has 0 radical (unpaired) electrons. The average molecular weight is 590 g/mol. The predicted octanol–water partition coefficient (Wildman–Crippen LogP) is 3.87. The Morgan fingerprint density at radius 1 is 1.20 bits per heavy atom. The predicted molar refractivity (Wildman–Crippen MR) is 148 cm³/mol. The molecule has 4 rings (SSSR count). The Labute approximate surface area is 236 Å². The number of rotatable bonds is 8. The lowest BCUT2D eigenvalue weighted by Crippen LogP contribution is -2.48. The fraction of sp³-hybridized carbons (Fsp3) is 0.444. The van der Waals surface area contributed by atoms with Crippen molar-refractivity contribution < 1.29 is 27.3 Å². The minimum Gasteiger partial charge on any atom is -0.444 e. The van der Waals surface area contributed by atoms with Crippen LogP contribution >= 0.6 is 0 Å². The Bertz CT molecular complexity index is 1610. The molecule has 1 fully saturated rings. The van der Waals surface area contributed by atoms with E-state index in [4.69, 9.17) is 4.74 Å². The molecule has 0 saturated heterocycles. The van der Waals surface area contributed by atoms with Gasteiger partial charge in [-0.2, -0.15) is 0 Å². The zero-order valence-electron chi connectivity index (χ0n) is 22.9. The molecule has 0 bridgehead atoms. The van der Waals surface area contributed by atoms with Gasteiger partial charge in [-0.05, 0) is 76.6 Å². The Hall–Kier alpha value is -3.91. The molecule has 1 atom stereocenters. The van der Waals surface area contributed by atoms with Gasteiger partial charge < -0.3 is 14.6 Å². The second-order valence-corrected chi connectivity index (χ2v) is 12.7. The molecule has 2 aromatic carbocycles. The largest absolute Gasteiger partial charge is 0.444 e. The van der Waals surface area contributed by atoms with Crippen molar-refractivity contribution in [1.29, 1.82) is 0 Å². The number of para-hydroxylation sites is 1. The lowest BCUT2D eigenvalue weighted by Gasteiger charge is -2.35. The van der Waals surface area contributed by atoms with Crippen molar-refractivity contribution in [1.82, 2.24) is 19.6 Å². The second-order valence-electron chi connectivity index (χ2n) is 11.1. The monoisotopic (exact) mass is 589 g/mol. The summed E-state index contributed by atoms with van der Waals surface area (Å²) in [5.74, 6) is -0.905. The normalized spacial score (nSPS) is 18.5. The fourth-order valence-corrected chi connectivity index (χ4v) is 6.51. The molecule has 2 N–H and O–H groups in total. The minimum atomic E-state index is -4.42. The highest BCUT2D eigenvalue weighted by atomic mass is 32.2. The van der Waals surface area contributed by atoms with Gasteiger partial charge in [-0.3, -0.25) is 14.9 Å². The van der Waals surface area contributed by atoms with Crippen LogP contribution in [0.3, 0.4) is 0 Å². The number of aromatic nitrogens is 2. The molecule has 1 unspecified atom stereocenters. The van der Waals surface area contributed by atoms with Crippen molar-refractivity contribution in [3.63, 3.8) is 0 Å². The zero-order valence-corrected chi connectivity index (χ0v) is 23.7. The van der Waals surface area contributed by atoms with Gasteiger partial charge >= 0.3 is 6.09 Å². The Morgan fingerprint density at radius 3 is 2.54 bits per heavy atom. The van der Waals surface area contributed by atoms with Crippen LogP contribution in [0.5, 0.6) is 0 Å². The molecule has 1 aliphatic carbocycles. The van der Waals surface area contributed by atoms with Crippen LogP contribution in [-0.2, 0) is 21.3 Å². The maximum atomic E-state index is 14.1. The Morgan fingerprint density at radius 2 is 1.88 bits per heavy atom. The van der Waals surface area contributed by atoms with Gasteiger partial charge in [0.2, 0.25) is 10.0 Å². The number of nitrogens with one attached hydrogen (secondary N) is 2. The molecule has 0 spiro atoms. The topological polar surface area (TPSA) is 163 Å². The van der Waals surface area contributed by atoms with Gasteiger partial charge in [-0.1, -0.05) is 12.1 Å². The smallest absolute Gasteiger partial charge is 0.407 e. The molecule has 220 valence electrons. The maximum absolute atomic E-state index is 14.1. The molecule has 1 aliphatic rings. The molecule has 1 aromatic heterocycles. The summed E-state index contributed by atoms with van der Waals surface area (Å²) in [6.45, 7) is 5.10. The molecule has 1 saturated carbocycles. The van der Waals surface area contributed by atoms with Gasteiger partial charge in [0.25, 0.3) is 11.2 Å². The first kappa shape index (κ1) is 30.1. The number of nitrogens with zero attached hydrogens (tertiary/aromatic N) is 3. The van der Waals surface area contributed by atoms with Crippen molar-refractivity contribution in [2.75, 3.05) is 0 Å². The highest BCUT2D eigenvalue weighted by molar-refractivity contribution is 7.89. The quantitative estimate of drug-likeness (QED) is 0.295. The van der Waals surface area contributed by atoms with Crippen molar-refractivity contribution in [2.24, 2.45) is 5.92 Å². The number of alkyl carbamates (subject to hydrolysis) is 1. The highest BCUT2D eigenvalue weighted by Crippen LogP contribution is 2.31. The zero-order chi connectivity index (χ0) is 29.9. The first-order chi connectivity index (χ1) is 19.2. The van der Waals surface area contributed by atoms with Crippen LogP contribution in [0.25, 0.3) is 11.0 Å². The summed E-state index contributed by atoms with van der Waals surface area (Å²) in [6.07, 6.45) is 2.48. The number of nitro benzene ring substituents is 1. The van der Waals surface area contributed by atoms with E-state index in [1.165, 1.54) is 28.8 Å². The first-order valence-corrected chi connectivity index (χ1v) is 14.6. The van der Waals surface area contributed by atoms with Gasteiger partial charge in [-0.25, -0.2) is 27.3 Å². The molecule has 0 aliphatic heterocycles. The first-order valence-electron chi connectivity index (χ1n) is 13.1. The molecule has 3 aromatic rings. The van der Waals surface area contributed by atoms with Crippen molar-refractivity contribution in [3.8, 4) is 0 Å². The minimum absolute atomic E-state index is 0.171. The molecular weight excluding hydrogens is 557 g/mol. The average Bonchev–Trinajstić information content (AvgIpc) is 2.89. The summed E-state index contributed by atoms with van der Waals surface area (Å²) in [6, 6.07) is 7.67. The number of carbonyl (C=O) groups is 1. The van der Waals surface area contributed by atoms with Crippen LogP contribution in [0.1, 0.15) is 46.5 Å². The van der Waals surface area contributed by atoms with E-state index in [2.05, 4.69) is 15.0 Å². The molecular formula is C27H32FN5O7S. The molecule has 1 heterocycles. The number of ether oxygens (including phenoxy) is 1. The molecule has 41 heavy (non-hydrogen) atoms. The second kappa shape index (κ2) is 11.9. The summed E-state index contributed by atoms with van der Waals surface area (Å²) in [7, 11) is -4.42. The standard InChI is InChI=1S/C27H32FN5O7S/c1-27(2,3)40-26(35)30-19-11-8-17(9-12-19)21(31-41(38,39)24-7-5-4-6-22(24)33(36)37)16-32-23-14-18(28)10-13-20(23)29-15-25(32)34/h4-7,10,13-15,17,19,21,31H,8-9,11-12,16H2,1-3H3,(H,30,35)/t17-,19-,21?. The van der Waals surface area contributed by atoms with Crippen molar-refractivity contribution in [2.45, 2.75) is 75.6 Å². The van der Waals surface area contributed by atoms with Gasteiger partial charge in [-0.15, -0.1) is 0 Å². The number of hydrogen-bond donors (Lipinski definition) is 2. The number of hydrogen-bond acceptors (Lipinski definition) is 8.